The summed E-state index contributed by atoms with van der Waals surface area (Å²) in [7, 11) is 1.64. The Morgan fingerprint density at radius 2 is 2.10 bits per heavy atom. The first-order valence-corrected chi connectivity index (χ1v) is 7.07. The zero-order valence-corrected chi connectivity index (χ0v) is 12.1. The molecule has 112 valence electrons. The van der Waals surface area contributed by atoms with Gasteiger partial charge in [-0.15, -0.1) is 0 Å². The molecule has 1 fully saturated rings. The fourth-order valence-electron chi connectivity index (χ4n) is 2.66. The van der Waals surface area contributed by atoms with E-state index in [9.17, 15) is 14.7 Å². The maximum absolute atomic E-state index is 11.9. The molecular weight excluding hydrogens is 258 g/mol. The smallest absolute Gasteiger partial charge is 0.317 e. The van der Waals surface area contributed by atoms with E-state index in [-0.39, 0.29) is 23.8 Å². The molecular formula is C14H23N3O3. The normalized spacial score (nSPS) is 23.4. The molecule has 2 amide bonds. The van der Waals surface area contributed by atoms with Gasteiger partial charge in [-0.25, -0.2) is 4.79 Å². The van der Waals surface area contributed by atoms with Gasteiger partial charge in [-0.1, -0.05) is 12.8 Å². The Morgan fingerprint density at radius 3 is 2.70 bits per heavy atom. The van der Waals surface area contributed by atoms with E-state index in [4.69, 9.17) is 5.26 Å². The second-order valence-electron chi connectivity index (χ2n) is 5.59. The van der Waals surface area contributed by atoms with Gasteiger partial charge in [0.2, 0.25) is 0 Å². The zero-order chi connectivity index (χ0) is 15.1. The van der Waals surface area contributed by atoms with Gasteiger partial charge >= 0.3 is 12.0 Å². The van der Waals surface area contributed by atoms with Gasteiger partial charge in [-0.05, 0) is 25.7 Å². The van der Waals surface area contributed by atoms with Gasteiger partial charge in [0.25, 0.3) is 0 Å². The standard InChI is InChI=1S/C14H23N3O3/c1-10(7-15)9-17(2)14(20)16-8-11-5-3-4-6-12(11)13(18)19/h10-12H,3-6,8-9H2,1-2H3,(H,16,20)(H,18,19). The number of carbonyl (C=O) groups is 2. The molecule has 0 aromatic heterocycles. The van der Waals surface area contributed by atoms with Gasteiger partial charge in [0.05, 0.1) is 17.9 Å². The average Bonchev–Trinajstić information content (AvgIpc) is 2.44. The molecule has 0 bridgehead atoms. The molecule has 0 aromatic rings. The van der Waals surface area contributed by atoms with E-state index in [0.29, 0.717) is 19.5 Å². The number of nitriles is 1. The van der Waals surface area contributed by atoms with Crippen LogP contribution in [0.1, 0.15) is 32.6 Å². The van der Waals surface area contributed by atoms with E-state index >= 15 is 0 Å². The highest BCUT2D eigenvalue weighted by Crippen LogP contribution is 2.29. The number of rotatable bonds is 5. The first-order chi connectivity index (χ1) is 9.45. The molecule has 1 aliphatic rings. The van der Waals surface area contributed by atoms with E-state index in [1.807, 2.05) is 0 Å². The number of carbonyl (C=O) groups excluding carboxylic acids is 1. The number of hydrogen-bond donors (Lipinski definition) is 2. The lowest BCUT2D eigenvalue weighted by Crippen LogP contribution is -2.43. The summed E-state index contributed by atoms with van der Waals surface area (Å²) in [5.74, 6) is -1.33. The maximum atomic E-state index is 11.9. The Bertz CT molecular complexity index is 392. The Kier molecular flexibility index (Phi) is 6.29. The number of carboxylic acids is 1. The van der Waals surface area contributed by atoms with E-state index < -0.39 is 5.97 Å². The first-order valence-electron chi connectivity index (χ1n) is 7.07. The Hall–Kier alpha value is -1.77. The number of hydrogen-bond acceptors (Lipinski definition) is 3. The van der Waals surface area contributed by atoms with E-state index in [2.05, 4.69) is 11.4 Å². The van der Waals surface area contributed by atoms with Crippen molar-refractivity contribution in [3.05, 3.63) is 0 Å². The lowest BCUT2D eigenvalue weighted by molar-refractivity contribution is -0.144. The fraction of sp³-hybridized carbons (Fsp3) is 0.786. The molecule has 2 N–H and O–H groups in total. The van der Waals surface area contributed by atoms with Gasteiger partial charge in [-0.3, -0.25) is 4.79 Å². The summed E-state index contributed by atoms with van der Waals surface area (Å²) >= 11 is 0. The second-order valence-corrected chi connectivity index (χ2v) is 5.59. The van der Waals surface area contributed by atoms with E-state index in [1.54, 1.807) is 14.0 Å². The number of amides is 2. The van der Waals surface area contributed by atoms with Gasteiger partial charge in [0.1, 0.15) is 0 Å². The summed E-state index contributed by atoms with van der Waals surface area (Å²) in [5.41, 5.74) is 0. The number of nitrogens with one attached hydrogen (secondary N) is 1. The van der Waals surface area contributed by atoms with Crippen LogP contribution in [0.3, 0.4) is 0 Å². The van der Waals surface area contributed by atoms with Gasteiger partial charge < -0.3 is 15.3 Å². The molecule has 1 rings (SSSR count). The molecule has 3 unspecified atom stereocenters. The van der Waals surface area contributed by atoms with Gasteiger partial charge in [0.15, 0.2) is 0 Å². The van der Waals surface area contributed by atoms with Crippen LogP contribution in [0.25, 0.3) is 0 Å². The van der Waals surface area contributed by atoms with Crippen LogP contribution in [0.5, 0.6) is 0 Å². The molecule has 6 heteroatoms. The number of urea groups is 1. The SMILES string of the molecule is CC(C#N)CN(C)C(=O)NCC1CCCCC1C(=O)O. The van der Waals surface area contributed by atoms with Crippen molar-refractivity contribution < 1.29 is 14.7 Å². The first kappa shape index (κ1) is 16.3. The quantitative estimate of drug-likeness (QED) is 0.801. The lowest BCUT2D eigenvalue weighted by Gasteiger charge is -2.29. The Balaban J connectivity index is 2.43. The van der Waals surface area contributed by atoms with Crippen LogP contribution in [0.15, 0.2) is 0 Å². The van der Waals surface area contributed by atoms with Gasteiger partial charge in [-0.2, -0.15) is 5.26 Å². The van der Waals surface area contributed by atoms with Gasteiger partial charge in [0, 0.05) is 20.1 Å². The highest BCUT2D eigenvalue weighted by molar-refractivity contribution is 5.74. The average molecular weight is 281 g/mol. The van der Waals surface area contributed by atoms with Crippen molar-refractivity contribution in [1.82, 2.24) is 10.2 Å². The summed E-state index contributed by atoms with van der Waals surface area (Å²) in [5, 5.41) is 20.7. The van der Waals surface area contributed by atoms with Crippen LogP contribution in [0, 0.1) is 29.1 Å². The van der Waals surface area contributed by atoms with Crippen molar-refractivity contribution in [2.45, 2.75) is 32.6 Å². The van der Waals surface area contributed by atoms with Crippen LogP contribution in [0.2, 0.25) is 0 Å². The molecule has 1 aliphatic carbocycles. The summed E-state index contributed by atoms with van der Waals surface area (Å²) < 4.78 is 0. The van der Waals surface area contributed by atoms with E-state index in [0.717, 1.165) is 19.3 Å². The Morgan fingerprint density at radius 1 is 1.45 bits per heavy atom. The number of nitrogens with zero attached hydrogens (tertiary/aromatic N) is 2. The molecule has 0 heterocycles. The lowest BCUT2D eigenvalue weighted by atomic mass is 9.79. The summed E-state index contributed by atoms with van der Waals surface area (Å²) in [6.07, 6.45) is 3.50. The van der Waals surface area contributed by atoms with Crippen LogP contribution < -0.4 is 5.32 Å². The van der Waals surface area contributed by atoms with Crippen molar-refractivity contribution in [2.75, 3.05) is 20.1 Å². The summed E-state index contributed by atoms with van der Waals surface area (Å²) in [6, 6.07) is 1.83. The van der Waals surface area contributed by atoms with Crippen LogP contribution in [-0.4, -0.2) is 42.1 Å². The number of carboxylic acid groups (broad SMARTS) is 1. The molecule has 0 aliphatic heterocycles. The predicted molar refractivity (Wildman–Crippen MR) is 73.9 cm³/mol. The third-order valence-corrected chi connectivity index (χ3v) is 3.86. The third-order valence-electron chi connectivity index (χ3n) is 3.86. The summed E-state index contributed by atoms with van der Waals surface area (Å²) in [6.45, 7) is 2.52. The molecule has 0 radical (unpaired) electrons. The maximum Gasteiger partial charge on any atom is 0.317 e. The molecule has 3 atom stereocenters. The minimum atomic E-state index is -0.768. The highest BCUT2D eigenvalue weighted by Gasteiger charge is 2.31. The van der Waals surface area contributed by atoms with Crippen molar-refractivity contribution in [3.8, 4) is 6.07 Å². The van der Waals surface area contributed by atoms with Crippen molar-refractivity contribution >= 4 is 12.0 Å². The zero-order valence-electron chi connectivity index (χ0n) is 12.1. The monoisotopic (exact) mass is 281 g/mol. The molecule has 6 nitrogen and oxygen atoms in total. The van der Waals surface area contributed by atoms with Crippen molar-refractivity contribution in [1.29, 1.82) is 5.26 Å². The largest absolute Gasteiger partial charge is 0.481 e. The van der Waals surface area contributed by atoms with E-state index in [1.165, 1.54) is 4.90 Å². The minimum absolute atomic E-state index is 0.00647. The topological polar surface area (TPSA) is 93.4 Å². The second kappa shape index (κ2) is 7.73. The molecule has 0 spiro atoms. The van der Waals surface area contributed by atoms with Crippen LogP contribution >= 0.6 is 0 Å². The number of aliphatic carboxylic acids is 1. The fourth-order valence-corrected chi connectivity index (χ4v) is 2.66. The molecule has 0 saturated heterocycles. The Labute approximate surface area is 119 Å². The molecule has 0 aromatic carbocycles. The van der Waals surface area contributed by atoms with Crippen molar-refractivity contribution in [2.24, 2.45) is 17.8 Å². The minimum Gasteiger partial charge on any atom is -0.481 e. The van der Waals surface area contributed by atoms with Crippen molar-refractivity contribution in [3.63, 3.8) is 0 Å². The van der Waals surface area contributed by atoms with Crippen LogP contribution in [-0.2, 0) is 4.79 Å². The van der Waals surface area contributed by atoms with Crippen LogP contribution in [0.4, 0.5) is 4.79 Å². The molecule has 20 heavy (non-hydrogen) atoms. The highest BCUT2D eigenvalue weighted by atomic mass is 16.4. The third kappa shape index (κ3) is 4.72. The summed E-state index contributed by atoms with van der Waals surface area (Å²) in [4.78, 5) is 24.5. The molecule has 1 saturated carbocycles. The predicted octanol–water partition coefficient (Wildman–Crippen LogP) is 1.68.